The largest absolute Gasteiger partial charge is 0.326 e. The number of nitrogens with one attached hydrogen (secondary N) is 1. The Morgan fingerprint density at radius 3 is 2.26 bits per heavy atom. The summed E-state index contributed by atoms with van der Waals surface area (Å²) in [5.41, 5.74) is 5.01. The van der Waals surface area contributed by atoms with Gasteiger partial charge in [-0.3, -0.25) is 19.4 Å². The van der Waals surface area contributed by atoms with Crippen LogP contribution in [-0.4, -0.2) is 36.3 Å². The maximum absolute atomic E-state index is 13.8. The lowest BCUT2D eigenvalue weighted by Crippen LogP contribution is -2.40. The highest BCUT2D eigenvalue weighted by Crippen LogP contribution is 2.38. The number of hydrogen-bond donors (Lipinski definition) is 1. The number of nitrogens with zero attached hydrogens (tertiary/aromatic N) is 2. The van der Waals surface area contributed by atoms with Crippen LogP contribution in [0, 0.1) is 5.92 Å². The third-order valence-corrected chi connectivity index (χ3v) is 7.19. The number of para-hydroxylation sites is 1. The number of carbonyl (C=O) groups excluding carboxylic acids is 2. The van der Waals surface area contributed by atoms with Gasteiger partial charge in [0, 0.05) is 11.6 Å². The molecule has 0 radical (unpaired) electrons. The average Bonchev–Trinajstić information content (AvgIpc) is 3.01. The molecule has 0 spiro atoms. The summed E-state index contributed by atoms with van der Waals surface area (Å²) in [5, 5.41) is 3.16. The van der Waals surface area contributed by atoms with E-state index in [1.165, 1.54) is 12.0 Å². The number of rotatable bonds is 8. The number of hydrogen-bond acceptors (Lipinski definition) is 3. The second kappa shape index (κ2) is 11.7. The van der Waals surface area contributed by atoms with Gasteiger partial charge in [0.2, 0.25) is 11.8 Å². The zero-order chi connectivity index (χ0) is 23.9. The molecular weight excluding hydrogens is 422 g/mol. The fraction of sp³-hybridized carbons (Fsp3) is 0.517. The van der Waals surface area contributed by atoms with Crippen LogP contribution in [0.3, 0.4) is 0 Å². The van der Waals surface area contributed by atoms with Crippen LogP contribution in [0.2, 0.25) is 0 Å². The number of anilines is 3. The average molecular weight is 462 g/mol. The molecular formula is C29H39N3O2. The van der Waals surface area contributed by atoms with Crippen molar-refractivity contribution in [2.75, 3.05) is 29.9 Å². The van der Waals surface area contributed by atoms with Crippen LogP contribution >= 0.6 is 0 Å². The summed E-state index contributed by atoms with van der Waals surface area (Å²) in [7, 11) is 0. The van der Waals surface area contributed by atoms with Crippen molar-refractivity contribution in [1.29, 1.82) is 0 Å². The van der Waals surface area contributed by atoms with Crippen molar-refractivity contribution in [3.8, 4) is 0 Å². The van der Waals surface area contributed by atoms with E-state index in [0.717, 1.165) is 87.1 Å². The summed E-state index contributed by atoms with van der Waals surface area (Å²) in [6.45, 7) is 6.66. The molecule has 0 aliphatic carbocycles. The maximum Gasteiger partial charge on any atom is 0.245 e. The van der Waals surface area contributed by atoms with Crippen molar-refractivity contribution >= 4 is 28.9 Å². The van der Waals surface area contributed by atoms with E-state index in [0.29, 0.717) is 6.54 Å². The molecule has 1 saturated heterocycles. The van der Waals surface area contributed by atoms with Gasteiger partial charge in [0.1, 0.15) is 0 Å². The Morgan fingerprint density at radius 2 is 1.56 bits per heavy atom. The number of likely N-dealkylation sites (tertiary alicyclic amines) is 1. The molecule has 5 nitrogen and oxygen atoms in total. The van der Waals surface area contributed by atoms with E-state index in [1.807, 2.05) is 23.1 Å². The van der Waals surface area contributed by atoms with Crippen molar-refractivity contribution in [2.45, 2.75) is 71.6 Å². The Labute approximate surface area is 204 Å². The van der Waals surface area contributed by atoms with Gasteiger partial charge >= 0.3 is 0 Å². The minimum atomic E-state index is 0.0337. The monoisotopic (exact) mass is 461 g/mol. The fourth-order valence-electron chi connectivity index (χ4n) is 5.40. The molecule has 1 fully saturated rings. The Balaban J connectivity index is 1.65. The standard InChI is InChI=1S/C29H39N3O2/c1-3-10-24(11-4-2)29(34)30-25-17-16-23-15-14-22-12-6-7-13-26(22)32(27(23)20-25)28(33)21-31-18-8-5-9-19-31/h6-7,12-13,16-17,20,24H,3-5,8-11,14-15,18-19,21H2,1-2H3,(H,30,34). The van der Waals surface area contributed by atoms with Crippen LogP contribution in [-0.2, 0) is 22.4 Å². The Kier molecular flexibility index (Phi) is 8.39. The molecule has 2 amide bonds. The molecule has 5 heteroatoms. The van der Waals surface area contributed by atoms with Gasteiger partial charge in [-0.2, -0.15) is 0 Å². The van der Waals surface area contributed by atoms with Gasteiger partial charge in [0.05, 0.1) is 17.9 Å². The number of benzene rings is 2. The maximum atomic E-state index is 13.8. The van der Waals surface area contributed by atoms with Crippen LogP contribution in [0.15, 0.2) is 42.5 Å². The molecule has 1 N–H and O–H groups in total. The minimum absolute atomic E-state index is 0.0337. The van der Waals surface area contributed by atoms with Gasteiger partial charge in [-0.1, -0.05) is 57.4 Å². The second-order valence-electron chi connectivity index (χ2n) is 9.80. The molecule has 0 saturated carbocycles. The Hall–Kier alpha value is -2.66. The summed E-state index contributed by atoms with van der Waals surface area (Å²) in [6, 6.07) is 14.3. The molecule has 0 atom stereocenters. The van der Waals surface area contributed by atoms with Crippen LogP contribution in [0.1, 0.15) is 69.9 Å². The molecule has 34 heavy (non-hydrogen) atoms. The van der Waals surface area contributed by atoms with Gasteiger partial charge < -0.3 is 5.32 Å². The molecule has 0 bridgehead atoms. The van der Waals surface area contributed by atoms with Gasteiger partial charge in [-0.05, 0) is 80.9 Å². The first kappa shape index (κ1) is 24.5. The number of amides is 2. The number of aryl methyl sites for hydroxylation is 2. The molecule has 2 aromatic carbocycles. The molecule has 4 rings (SSSR count). The summed E-state index contributed by atoms with van der Waals surface area (Å²) >= 11 is 0. The highest BCUT2D eigenvalue weighted by molar-refractivity contribution is 6.04. The van der Waals surface area contributed by atoms with E-state index in [1.54, 1.807) is 0 Å². The smallest absolute Gasteiger partial charge is 0.245 e. The highest BCUT2D eigenvalue weighted by Gasteiger charge is 2.28. The quantitative estimate of drug-likeness (QED) is 0.517. The topological polar surface area (TPSA) is 52.7 Å². The van der Waals surface area contributed by atoms with Gasteiger partial charge in [-0.15, -0.1) is 0 Å². The number of piperidine rings is 1. The molecule has 0 unspecified atom stereocenters. The number of fused-ring (bicyclic) bond motifs is 2. The SMILES string of the molecule is CCCC(CCC)C(=O)Nc1ccc2c(c1)N(C(=O)CN1CCCCC1)c1ccccc1CC2. The lowest BCUT2D eigenvalue weighted by Gasteiger charge is -2.31. The van der Waals surface area contributed by atoms with E-state index >= 15 is 0 Å². The van der Waals surface area contributed by atoms with Gasteiger partial charge in [0.25, 0.3) is 0 Å². The normalized spacial score (nSPS) is 16.0. The van der Waals surface area contributed by atoms with Gasteiger partial charge in [-0.25, -0.2) is 0 Å². The summed E-state index contributed by atoms with van der Waals surface area (Å²) in [4.78, 5) is 31.0. The Bertz CT molecular complexity index is 991. The lowest BCUT2D eigenvalue weighted by atomic mass is 9.97. The fourth-order valence-corrected chi connectivity index (χ4v) is 5.40. The molecule has 2 heterocycles. The number of carbonyl (C=O) groups is 2. The van der Waals surface area contributed by atoms with E-state index in [-0.39, 0.29) is 17.7 Å². The highest BCUT2D eigenvalue weighted by atomic mass is 16.2. The van der Waals surface area contributed by atoms with Crippen molar-refractivity contribution in [1.82, 2.24) is 4.90 Å². The van der Waals surface area contributed by atoms with Gasteiger partial charge in [0.15, 0.2) is 0 Å². The predicted molar refractivity (Wildman–Crippen MR) is 140 cm³/mol. The lowest BCUT2D eigenvalue weighted by molar-refractivity contribution is -0.120. The summed E-state index contributed by atoms with van der Waals surface area (Å²) < 4.78 is 0. The van der Waals surface area contributed by atoms with Crippen molar-refractivity contribution in [3.05, 3.63) is 53.6 Å². The van der Waals surface area contributed by atoms with Crippen molar-refractivity contribution in [3.63, 3.8) is 0 Å². The third kappa shape index (κ3) is 5.69. The van der Waals surface area contributed by atoms with E-state index in [9.17, 15) is 9.59 Å². The van der Waals surface area contributed by atoms with Crippen LogP contribution < -0.4 is 10.2 Å². The molecule has 0 aromatic heterocycles. The first-order chi connectivity index (χ1) is 16.6. The van der Waals surface area contributed by atoms with Crippen molar-refractivity contribution in [2.24, 2.45) is 5.92 Å². The van der Waals surface area contributed by atoms with Crippen LogP contribution in [0.25, 0.3) is 0 Å². The molecule has 182 valence electrons. The molecule has 2 aliphatic heterocycles. The van der Waals surface area contributed by atoms with E-state index < -0.39 is 0 Å². The third-order valence-electron chi connectivity index (χ3n) is 7.19. The first-order valence-electron chi connectivity index (χ1n) is 13.2. The van der Waals surface area contributed by atoms with Crippen LogP contribution in [0.4, 0.5) is 17.1 Å². The molecule has 2 aliphatic rings. The van der Waals surface area contributed by atoms with Crippen molar-refractivity contribution < 1.29 is 9.59 Å². The Morgan fingerprint density at radius 1 is 0.882 bits per heavy atom. The predicted octanol–water partition coefficient (Wildman–Crippen LogP) is 6.09. The summed E-state index contributed by atoms with van der Waals surface area (Å²) in [6.07, 6.45) is 9.15. The summed E-state index contributed by atoms with van der Waals surface area (Å²) in [5.74, 6) is 0.228. The molecule has 2 aromatic rings. The van der Waals surface area contributed by atoms with E-state index in [4.69, 9.17) is 0 Å². The van der Waals surface area contributed by atoms with Crippen LogP contribution in [0.5, 0.6) is 0 Å². The minimum Gasteiger partial charge on any atom is -0.326 e. The first-order valence-corrected chi connectivity index (χ1v) is 13.2. The van der Waals surface area contributed by atoms with E-state index in [2.05, 4.69) is 48.3 Å². The zero-order valence-electron chi connectivity index (χ0n) is 20.8. The zero-order valence-corrected chi connectivity index (χ0v) is 20.8. The second-order valence-corrected chi connectivity index (χ2v) is 9.80.